The first kappa shape index (κ1) is 24.0. The predicted octanol–water partition coefficient (Wildman–Crippen LogP) is 4.04. The van der Waals surface area contributed by atoms with Crippen LogP contribution in [-0.2, 0) is 4.79 Å². The summed E-state index contributed by atoms with van der Waals surface area (Å²) in [5.41, 5.74) is 4.84. The van der Waals surface area contributed by atoms with Crippen molar-refractivity contribution in [2.45, 2.75) is 19.0 Å². The number of hydrazone groups is 1. The third-order valence-electron chi connectivity index (χ3n) is 5.16. The number of hydrogen-bond donors (Lipinski definition) is 2. The van der Waals surface area contributed by atoms with E-state index in [2.05, 4.69) is 15.5 Å². The first-order chi connectivity index (χ1) is 17.0. The van der Waals surface area contributed by atoms with Crippen LogP contribution >= 0.6 is 11.8 Å². The van der Waals surface area contributed by atoms with Crippen LogP contribution in [0.15, 0.2) is 81.8 Å². The first-order valence-corrected chi connectivity index (χ1v) is 12.0. The zero-order chi connectivity index (χ0) is 24.8. The van der Waals surface area contributed by atoms with Gasteiger partial charge in [-0.1, -0.05) is 48.2 Å². The number of carbonyl (C=O) groups is 1. The van der Waals surface area contributed by atoms with Gasteiger partial charge in [0.25, 0.3) is 11.5 Å². The number of phenolic OH excluding ortho intramolecular Hbond substituents is 1. The molecule has 0 spiro atoms. The summed E-state index contributed by atoms with van der Waals surface area (Å²) in [5.74, 6) is -0.108. The van der Waals surface area contributed by atoms with E-state index >= 15 is 0 Å². The number of aromatic nitrogens is 2. The van der Waals surface area contributed by atoms with E-state index in [4.69, 9.17) is 4.74 Å². The third kappa shape index (κ3) is 5.36. The number of benzene rings is 3. The normalized spacial score (nSPS) is 11.1. The molecule has 0 atom stereocenters. The second-order valence-corrected chi connectivity index (χ2v) is 8.49. The molecule has 0 saturated carbocycles. The van der Waals surface area contributed by atoms with E-state index < -0.39 is 0 Å². The quantitative estimate of drug-likeness (QED) is 0.168. The number of aromatic hydroxyl groups is 1. The van der Waals surface area contributed by atoms with Gasteiger partial charge in [-0.3, -0.25) is 14.2 Å². The Labute approximate surface area is 206 Å². The van der Waals surface area contributed by atoms with Crippen molar-refractivity contribution >= 4 is 34.8 Å². The molecule has 1 heterocycles. The lowest BCUT2D eigenvalue weighted by Crippen LogP contribution is -2.24. The molecule has 2 N–H and O–H groups in total. The molecule has 1 amide bonds. The molecule has 0 saturated heterocycles. The number of nitrogens with zero attached hydrogens (tertiary/aromatic N) is 3. The van der Waals surface area contributed by atoms with Crippen LogP contribution in [0.5, 0.6) is 11.5 Å². The highest BCUT2D eigenvalue weighted by Crippen LogP contribution is 2.28. The highest BCUT2D eigenvalue weighted by atomic mass is 32.2. The molecule has 4 aromatic rings. The molecular weight excluding hydrogens is 464 g/mol. The summed E-state index contributed by atoms with van der Waals surface area (Å²) in [4.78, 5) is 30.5. The lowest BCUT2D eigenvalue weighted by atomic mass is 10.2. The van der Waals surface area contributed by atoms with Crippen LogP contribution in [0.2, 0.25) is 0 Å². The first-order valence-electron chi connectivity index (χ1n) is 11.0. The SMILES string of the molecule is CCOc1cccc(/C=N/NC(=O)CSc2nc3ccccc3c(=O)n2-c2ccccc2C)c1O. The number of carbonyl (C=O) groups excluding carboxylic acids is 1. The number of rotatable bonds is 8. The summed E-state index contributed by atoms with van der Waals surface area (Å²) in [6.07, 6.45) is 1.35. The molecule has 1 aromatic heterocycles. The molecule has 8 nitrogen and oxygen atoms in total. The highest BCUT2D eigenvalue weighted by Gasteiger charge is 2.16. The molecule has 35 heavy (non-hydrogen) atoms. The average molecular weight is 489 g/mol. The molecule has 3 aromatic carbocycles. The summed E-state index contributed by atoms with van der Waals surface area (Å²) < 4.78 is 6.89. The maximum atomic E-state index is 13.3. The third-order valence-corrected chi connectivity index (χ3v) is 6.10. The van der Waals surface area contributed by atoms with Crippen molar-refractivity contribution in [1.82, 2.24) is 15.0 Å². The van der Waals surface area contributed by atoms with Gasteiger partial charge in [0, 0.05) is 5.56 Å². The fourth-order valence-corrected chi connectivity index (χ4v) is 4.29. The smallest absolute Gasteiger partial charge is 0.266 e. The van der Waals surface area contributed by atoms with E-state index in [1.807, 2.05) is 44.2 Å². The molecule has 4 rings (SSSR count). The Kier molecular flexibility index (Phi) is 7.47. The zero-order valence-electron chi connectivity index (χ0n) is 19.3. The van der Waals surface area contributed by atoms with Crippen LogP contribution in [0.1, 0.15) is 18.1 Å². The number of para-hydroxylation sites is 3. The van der Waals surface area contributed by atoms with Crippen LogP contribution in [0.25, 0.3) is 16.6 Å². The molecule has 0 radical (unpaired) electrons. The summed E-state index contributed by atoms with van der Waals surface area (Å²) >= 11 is 1.14. The summed E-state index contributed by atoms with van der Waals surface area (Å²) in [6, 6.07) is 19.7. The Morgan fingerprint density at radius 1 is 1.14 bits per heavy atom. The fourth-order valence-electron chi connectivity index (χ4n) is 3.49. The van der Waals surface area contributed by atoms with Crippen molar-refractivity contribution in [2.24, 2.45) is 5.10 Å². The number of fused-ring (bicyclic) bond motifs is 1. The number of aryl methyl sites for hydroxylation is 1. The Balaban J connectivity index is 1.54. The van der Waals surface area contributed by atoms with Crippen molar-refractivity contribution in [3.63, 3.8) is 0 Å². The largest absolute Gasteiger partial charge is 0.504 e. The Morgan fingerprint density at radius 2 is 1.91 bits per heavy atom. The maximum Gasteiger partial charge on any atom is 0.266 e. The number of amides is 1. The van der Waals surface area contributed by atoms with Crippen molar-refractivity contribution < 1.29 is 14.6 Å². The van der Waals surface area contributed by atoms with E-state index in [9.17, 15) is 14.7 Å². The molecular formula is C26H24N4O4S. The number of thioether (sulfide) groups is 1. The molecule has 0 unspecified atom stereocenters. The van der Waals surface area contributed by atoms with E-state index in [1.165, 1.54) is 10.8 Å². The Morgan fingerprint density at radius 3 is 2.71 bits per heavy atom. The molecule has 0 fully saturated rings. The van der Waals surface area contributed by atoms with Gasteiger partial charge in [0.15, 0.2) is 16.7 Å². The number of hydrogen-bond acceptors (Lipinski definition) is 7. The molecule has 0 aliphatic rings. The average Bonchev–Trinajstić information content (AvgIpc) is 2.86. The topological polar surface area (TPSA) is 106 Å². The minimum absolute atomic E-state index is 0.0149. The fraction of sp³-hybridized carbons (Fsp3) is 0.154. The molecule has 0 bridgehead atoms. The van der Waals surface area contributed by atoms with Crippen molar-refractivity contribution in [3.8, 4) is 17.2 Å². The highest BCUT2D eigenvalue weighted by molar-refractivity contribution is 7.99. The summed E-state index contributed by atoms with van der Waals surface area (Å²) in [6.45, 7) is 4.16. The number of phenols is 1. The van der Waals surface area contributed by atoms with Gasteiger partial charge in [0.1, 0.15) is 0 Å². The Hall–Kier alpha value is -4.11. The van der Waals surface area contributed by atoms with Gasteiger partial charge in [-0.05, 0) is 49.7 Å². The lowest BCUT2D eigenvalue weighted by Gasteiger charge is -2.14. The minimum Gasteiger partial charge on any atom is -0.504 e. The van der Waals surface area contributed by atoms with Gasteiger partial charge >= 0.3 is 0 Å². The van der Waals surface area contributed by atoms with Crippen LogP contribution in [0, 0.1) is 6.92 Å². The van der Waals surface area contributed by atoms with Gasteiger partial charge in [-0.2, -0.15) is 5.10 Å². The number of nitrogens with one attached hydrogen (secondary N) is 1. The molecule has 0 aliphatic heterocycles. The van der Waals surface area contributed by atoms with Crippen LogP contribution in [-0.4, -0.2) is 39.1 Å². The second-order valence-electron chi connectivity index (χ2n) is 7.55. The van der Waals surface area contributed by atoms with Crippen molar-refractivity contribution in [2.75, 3.05) is 12.4 Å². The van der Waals surface area contributed by atoms with E-state index in [0.29, 0.717) is 39.7 Å². The maximum absolute atomic E-state index is 13.3. The monoisotopic (exact) mass is 488 g/mol. The van der Waals surface area contributed by atoms with Gasteiger partial charge in [0.2, 0.25) is 0 Å². The van der Waals surface area contributed by atoms with Gasteiger partial charge < -0.3 is 9.84 Å². The van der Waals surface area contributed by atoms with Gasteiger partial charge in [-0.15, -0.1) is 0 Å². The zero-order valence-corrected chi connectivity index (χ0v) is 20.1. The van der Waals surface area contributed by atoms with Crippen LogP contribution in [0.3, 0.4) is 0 Å². The predicted molar refractivity (Wildman–Crippen MR) is 138 cm³/mol. The van der Waals surface area contributed by atoms with E-state index in [0.717, 1.165) is 17.3 Å². The Bertz CT molecular complexity index is 1470. The van der Waals surface area contributed by atoms with Crippen LogP contribution in [0.4, 0.5) is 0 Å². The van der Waals surface area contributed by atoms with Crippen molar-refractivity contribution in [3.05, 3.63) is 88.2 Å². The van der Waals surface area contributed by atoms with Gasteiger partial charge in [-0.25, -0.2) is 10.4 Å². The van der Waals surface area contributed by atoms with Crippen molar-refractivity contribution in [1.29, 1.82) is 0 Å². The van der Waals surface area contributed by atoms with E-state index in [1.54, 1.807) is 36.4 Å². The lowest BCUT2D eigenvalue weighted by molar-refractivity contribution is -0.118. The molecule has 0 aliphatic carbocycles. The second kappa shape index (κ2) is 10.9. The summed E-state index contributed by atoms with van der Waals surface area (Å²) in [7, 11) is 0. The number of ether oxygens (including phenoxy) is 1. The summed E-state index contributed by atoms with van der Waals surface area (Å²) in [5, 5.41) is 15.1. The molecule has 178 valence electrons. The molecule has 9 heteroatoms. The van der Waals surface area contributed by atoms with E-state index in [-0.39, 0.29) is 23.0 Å². The minimum atomic E-state index is -0.384. The standard InChI is InChI=1S/C26H24N4O4S/c1-3-34-22-14-8-10-18(24(22)32)15-27-29-23(31)16-35-26-28-20-12-6-5-11-19(20)25(33)30(26)21-13-7-4-9-17(21)2/h4-15,32H,3,16H2,1-2H3,(H,29,31)/b27-15+. The van der Waals surface area contributed by atoms with Crippen LogP contribution < -0.4 is 15.7 Å². The van der Waals surface area contributed by atoms with Gasteiger partial charge in [0.05, 0.1) is 35.2 Å².